The summed E-state index contributed by atoms with van der Waals surface area (Å²) in [4.78, 5) is 0.0546. The molecule has 0 radical (unpaired) electrons. The van der Waals surface area contributed by atoms with Gasteiger partial charge in [-0.1, -0.05) is 30.1 Å². The van der Waals surface area contributed by atoms with Crippen LogP contribution in [-0.4, -0.2) is 48.9 Å². The Morgan fingerprint density at radius 2 is 1.51 bits per heavy atom. The van der Waals surface area contributed by atoms with Crippen LogP contribution in [0.1, 0.15) is 29.5 Å². The van der Waals surface area contributed by atoms with Crippen LogP contribution >= 0.6 is 23.2 Å². The van der Waals surface area contributed by atoms with Crippen molar-refractivity contribution in [2.75, 3.05) is 12.5 Å². The van der Waals surface area contributed by atoms with Crippen molar-refractivity contribution >= 4 is 42.9 Å². The number of hydrogen-bond donors (Lipinski definition) is 0. The molecule has 4 rings (SSSR count). The van der Waals surface area contributed by atoms with Gasteiger partial charge in [-0.2, -0.15) is 10.2 Å². The first kappa shape index (κ1) is 27.3. The number of hydrogen-bond acceptors (Lipinski definition) is 6. The Balaban J connectivity index is 1.82. The average molecular weight is 586 g/mol. The Hall–Kier alpha value is -2.73. The summed E-state index contributed by atoms with van der Waals surface area (Å²) in [5.41, 5.74) is 2.63. The van der Waals surface area contributed by atoms with E-state index in [1.165, 1.54) is 40.2 Å². The van der Waals surface area contributed by atoms with E-state index in [4.69, 9.17) is 23.2 Å². The molecule has 0 spiro atoms. The molecule has 0 aliphatic carbocycles. The fourth-order valence-corrected chi connectivity index (χ4v) is 5.71. The van der Waals surface area contributed by atoms with Gasteiger partial charge in [0.2, 0.25) is 0 Å². The minimum Gasteiger partial charge on any atom is -0.239 e. The summed E-state index contributed by atoms with van der Waals surface area (Å²) >= 11 is 12.5. The molecule has 4 aromatic rings. The molecule has 37 heavy (non-hydrogen) atoms. The highest BCUT2D eigenvalue weighted by Crippen LogP contribution is 2.35. The maximum Gasteiger partial charge on any atom is 0.178 e. The van der Waals surface area contributed by atoms with Crippen LogP contribution in [0.2, 0.25) is 10.0 Å². The first-order chi connectivity index (χ1) is 17.2. The van der Waals surface area contributed by atoms with Gasteiger partial charge in [0.1, 0.15) is 15.6 Å². The van der Waals surface area contributed by atoms with E-state index in [1.54, 1.807) is 25.1 Å². The van der Waals surface area contributed by atoms with Gasteiger partial charge >= 0.3 is 0 Å². The van der Waals surface area contributed by atoms with Gasteiger partial charge < -0.3 is 0 Å². The highest BCUT2D eigenvalue weighted by Gasteiger charge is 2.24. The fraction of sp³-hybridized carbons (Fsp3) is 0.250. The van der Waals surface area contributed by atoms with Gasteiger partial charge in [0, 0.05) is 35.5 Å². The number of rotatable bonds is 7. The van der Waals surface area contributed by atoms with Crippen molar-refractivity contribution < 1.29 is 21.2 Å². The molecule has 0 aliphatic heterocycles. The molecule has 196 valence electrons. The van der Waals surface area contributed by atoms with Crippen molar-refractivity contribution in [1.29, 1.82) is 0 Å². The van der Waals surface area contributed by atoms with Crippen molar-refractivity contribution in [1.82, 2.24) is 19.6 Å². The number of halogens is 3. The Bertz CT molecular complexity index is 1730. The van der Waals surface area contributed by atoms with Crippen LogP contribution in [0, 0.1) is 12.7 Å². The summed E-state index contributed by atoms with van der Waals surface area (Å²) in [5.74, 6) is -1.14. The van der Waals surface area contributed by atoms with Crippen molar-refractivity contribution in [2.45, 2.75) is 36.0 Å². The highest BCUT2D eigenvalue weighted by molar-refractivity contribution is 7.91. The maximum atomic E-state index is 15.5. The minimum atomic E-state index is -3.51. The largest absolute Gasteiger partial charge is 0.239 e. The van der Waals surface area contributed by atoms with Crippen molar-refractivity contribution in [2.24, 2.45) is 0 Å². The van der Waals surface area contributed by atoms with Crippen molar-refractivity contribution in [3.8, 4) is 11.4 Å². The summed E-state index contributed by atoms with van der Waals surface area (Å²) in [7, 11) is -6.99. The maximum absolute atomic E-state index is 15.5. The summed E-state index contributed by atoms with van der Waals surface area (Å²) in [6.45, 7) is 3.61. The van der Waals surface area contributed by atoms with Crippen LogP contribution < -0.4 is 0 Å². The zero-order chi connectivity index (χ0) is 27.3. The summed E-state index contributed by atoms with van der Waals surface area (Å²) < 4.78 is 66.1. The molecule has 0 saturated carbocycles. The lowest BCUT2D eigenvalue weighted by Crippen LogP contribution is -2.11. The zero-order valence-electron chi connectivity index (χ0n) is 20.3. The highest BCUT2D eigenvalue weighted by atomic mass is 35.5. The second-order valence-electron chi connectivity index (χ2n) is 8.92. The SMILES string of the molecule is Cc1cc(Cl)cc(CC(C)c2c(-n3cc(S(C)(=O)=O)cn3)ccc(Cl)c2F)c1-n1cc(S(C)(=O)=O)cn1. The van der Waals surface area contributed by atoms with Gasteiger partial charge in [0.15, 0.2) is 19.7 Å². The van der Waals surface area contributed by atoms with Crippen LogP contribution in [0.25, 0.3) is 11.4 Å². The number of aryl methyl sites for hydroxylation is 1. The fourth-order valence-electron chi connectivity index (χ4n) is 4.19. The van der Waals surface area contributed by atoms with E-state index in [-0.39, 0.29) is 26.8 Å². The molecule has 8 nitrogen and oxygen atoms in total. The molecule has 0 N–H and O–H groups in total. The molecular formula is C24H23Cl2FN4O4S2. The molecule has 2 heterocycles. The van der Waals surface area contributed by atoms with E-state index in [9.17, 15) is 16.8 Å². The van der Waals surface area contributed by atoms with Crippen molar-refractivity contribution in [3.63, 3.8) is 0 Å². The van der Waals surface area contributed by atoms with E-state index < -0.39 is 31.4 Å². The first-order valence-electron chi connectivity index (χ1n) is 10.9. The van der Waals surface area contributed by atoms with Gasteiger partial charge in [-0.15, -0.1) is 0 Å². The van der Waals surface area contributed by atoms with Crippen LogP contribution in [0.4, 0.5) is 4.39 Å². The van der Waals surface area contributed by atoms with E-state index >= 15 is 4.39 Å². The van der Waals surface area contributed by atoms with Crippen LogP contribution in [-0.2, 0) is 26.1 Å². The molecule has 0 bridgehead atoms. The Labute approximate surface area is 224 Å². The molecular weight excluding hydrogens is 562 g/mol. The number of aromatic nitrogens is 4. The summed E-state index contributed by atoms with van der Waals surface area (Å²) in [6.07, 6.45) is 7.64. The molecule has 0 aliphatic rings. The summed E-state index contributed by atoms with van der Waals surface area (Å²) in [5, 5.41) is 8.73. The third-order valence-electron chi connectivity index (χ3n) is 5.92. The Morgan fingerprint density at radius 1 is 0.946 bits per heavy atom. The second-order valence-corrected chi connectivity index (χ2v) is 13.8. The van der Waals surface area contributed by atoms with Crippen molar-refractivity contribution in [3.05, 3.63) is 81.6 Å². The molecule has 2 aromatic carbocycles. The number of benzene rings is 2. The lowest BCUT2D eigenvalue weighted by atomic mass is 9.90. The van der Waals surface area contributed by atoms with Gasteiger partial charge in [0.05, 0.1) is 28.8 Å². The van der Waals surface area contributed by atoms with Gasteiger partial charge in [0.25, 0.3) is 0 Å². The van der Waals surface area contributed by atoms with E-state index in [0.717, 1.165) is 18.1 Å². The number of nitrogens with zero attached hydrogens (tertiary/aromatic N) is 4. The van der Waals surface area contributed by atoms with Crippen LogP contribution in [0.15, 0.2) is 58.8 Å². The minimum absolute atomic E-state index is 0.00502. The predicted octanol–water partition coefficient (Wildman–Crippen LogP) is 4.97. The van der Waals surface area contributed by atoms with Crippen LogP contribution in [0.3, 0.4) is 0 Å². The third-order valence-corrected chi connectivity index (χ3v) is 8.57. The van der Waals surface area contributed by atoms with Gasteiger partial charge in [-0.05, 0) is 54.7 Å². The van der Waals surface area contributed by atoms with E-state index in [2.05, 4.69) is 10.2 Å². The molecule has 1 unspecified atom stereocenters. The summed E-state index contributed by atoms with van der Waals surface area (Å²) in [6, 6.07) is 6.41. The molecule has 0 fully saturated rings. The second kappa shape index (κ2) is 9.86. The Kier molecular flexibility index (Phi) is 7.28. The van der Waals surface area contributed by atoms with Gasteiger partial charge in [-0.25, -0.2) is 30.6 Å². The quantitative estimate of drug-likeness (QED) is 0.304. The first-order valence-corrected chi connectivity index (χ1v) is 15.5. The standard InChI is InChI=1S/C24H23Cl2FN4O4S2/c1-14(22-21(6-5-20(26)23(22)27)30-12-18(10-28-30)36(3,32)33)7-16-9-17(25)8-15(2)24(16)31-13-19(11-29-31)37(4,34)35/h5-6,8-14H,7H2,1-4H3. The predicted molar refractivity (Wildman–Crippen MR) is 140 cm³/mol. The smallest absolute Gasteiger partial charge is 0.178 e. The van der Waals surface area contributed by atoms with E-state index in [0.29, 0.717) is 22.0 Å². The molecule has 0 saturated heterocycles. The molecule has 2 aromatic heterocycles. The topological polar surface area (TPSA) is 104 Å². The van der Waals surface area contributed by atoms with Crippen LogP contribution in [0.5, 0.6) is 0 Å². The van der Waals surface area contributed by atoms with Gasteiger partial charge in [-0.3, -0.25) is 0 Å². The lowest BCUT2D eigenvalue weighted by Gasteiger charge is -2.21. The molecule has 13 heteroatoms. The lowest BCUT2D eigenvalue weighted by molar-refractivity contribution is 0.582. The monoisotopic (exact) mass is 584 g/mol. The van der Waals surface area contributed by atoms with E-state index in [1.807, 2.05) is 6.92 Å². The Morgan fingerprint density at radius 3 is 2.08 bits per heavy atom. The third kappa shape index (κ3) is 5.59. The zero-order valence-corrected chi connectivity index (χ0v) is 23.4. The normalized spacial score (nSPS) is 13.2. The average Bonchev–Trinajstić information content (AvgIpc) is 3.45. The molecule has 0 amide bonds. The number of sulfone groups is 2. The molecule has 1 atom stereocenters.